The fourth-order valence-electron chi connectivity index (χ4n) is 1.35. The van der Waals surface area contributed by atoms with Crippen molar-refractivity contribution in [2.75, 3.05) is 0 Å². The van der Waals surface area contributed by atoms with Crippen LogP contribution in [0.4, 0.5) is 0 Å². The highest BCUT2D eigenvalue weighted by atomic mass is 79.9. The second-order valence-electron chi connectivity index (χ2n) is 3.19. The highest BCUT2D eigenvalue weighted by Crippen LogP contribution is 2.38. The van der Waals surface area contributed by atoms with Crippen LogP contribution in [0, 0.1) is 0 Å². The monoisotopic (exact) mass is 319 g/mol. The second-order valence-corrected chi connectivity index (χ2v) is 4.80. The quantitative estimate of drug-likeness (QED) is 0.829. The Balaban J connectivity index is 2.52. The lowest BCUT2D eigenvalue weighted by molar-refractivity contribution is 0.525. The van der Waals surface area contributed by atoms with Gasteiger partial charge in [0.05, 0.1) is 16.6 Å². The first-order chi connectivity index (χ1) is 7.63. The molecule has 0 unspecified atom stereocenters. The van der Waals surface area contributed by atoms with Crippen molar-refractivity contribution in [1.29, 1.82) is 0 Å². The molecule has 16 heavy (non-hydrogen) atoms. The molecule has 1 aromatic heterocycles. The molecule has 2 N–H and O–H groups in total. The second kappa shape index (κ2) is 4.80. The van der Waals surface area contributed by atoms with Gasteiger partial charge >= 0.3 is 0 Å². The van der Waals surface area contributed by atoms with E-state index >= 15 is 0 Å². The van der Waals surface area contributed by atoms with E-state index in [1.165, 1.54) is 0 Å². The Bertz CT molecular complexity index is 525. The molecule has 0 saturated carbocycles. The zero-order valence-corrected chi connectivity index (χ0v) is 11.2. The number of hydrogen-bond acceptors (Lipinski definition) is 2. The first-order valence-corrected chi connectivity index (χ1v) is 6.11. The van der Waals surface area contributed by atoms with Crippen molar-refractivity contribution in [3.8, 4) is 11.3 Å². The third kappa shape index (κ3) is 2.13. The predicted octanol–water partition coefficient (Wildman–Crippen LogP) is 4.47. The van der Waals surface area contributed by atoms with Gasteiger partial charge in [-0.1, -0.05) is 23.2 Å². The Hall–Kier alpha value is -0.480. The summed E-state index contributed by atoms with van der Waals surface area (Å²) in [4.78, 5) is 0. The summed E-state index contributed by atoms with van der Waals surface area (Å²) in [5.74, 6) is 1.38. The number of benzene rings is 1. The summed E-state index contributed by atoms with van der Waals surface area (Å²) in [6, 6.07) is 7.32. The fourth-order valence-corrected chi connectivity index (χ4v) is 2.22. The minimum absolute atomic E-state index is 0.363. The largest absolute Gasteiger partial charge is 0.460 e. The van der Waals surface area contributed by atoms with E-state index in [1.54, 1.807) is 0 Å². The molecule has 2 nitrogen and oxygen atoms in total. The van der Waals surface area contributed by atoms with Crippen molar-refractivity contribution in [3.63, 3.8) is 0 Å². The van der Waals surface area contributed by atoms with Crippen LogP contribution < -0.4 is 5.73 Å². The van der Waals surface area contributed by atoms with E-state index in [-0.39, 0.29) is 0 Å². The van der Waals surface area contributed by atoms with E-state index in [2.05, 4.69) is 15.9 Å². The Kier molecular flexibility index (Phi) is 3.60. The Morgan fingerprint density at radius 2 is 1.88 bits per heavy atom. The third-order valence-corrected chi connectivity index (χ3v) is 3.93. The maximum atomic E-state index is 6.13. The molecule has 0 radical (unpaired) electrons. The summed E-state index contributed by atoms with van der Waals surface area (Å²) in [5, 5.41) is 0.943. The molecule has 0 fully saturated rings. The average Bonchev–Trinajstić information content (AvgIpc) is 2.74. The normalized spacial score (nSPS) is 10.8. The van der Waals surface area contributed by atoms with Gasteiger partial charge in [-0.05, 0) is 40.2 Å². The van der Waals surface area contributed by atoms with E-state index in [4.69, 9.17) is 33.4 Å². The number of hydrogen-bond donors (Lipinski definition) is 1. The lowest BCUT2D eigenvalue weighted by atomic mass is 10.2. The standard InChI is InChI=1S/C11H8BrCl2NO/c12-8-3-2-7(10(13)11(8)14)9-4-1-6(5-15)16-9/h1-4H,5,15H2. The molecule has 84 valence electrons. The first-order valence-electron chi connectivity index (χ1n) is 4.56. The van der Waals surface area contributed by atoms with E-state index in [9.17, 15) is 0 Å². The van der Waals surface area contributed by atoms with Crippen molar-refractivity contribution in [2.45, 2.75) is 6.54 Å². The topological polar surface area (TPSA) is 39.2 Å². The molecule has 0 spiro atoms. The van der Waals surface area contributed by atoms with Gasteiger partial charge < -0.3 is 10.2 Å². The van der Waals surface area contributed by atoms with Crippen LogP contribution in [0.15, 0.2) is 33.2 Å². The molecule has 1 aromatic carbocycles. The summed E-state index contributed by atoms with van der Waals surface area (Å²) in [6.07, 6.45) is 0. The molecule has 2 aromatic rings. The molecule has 0 bridgehead atoms. The predicted molar refractivity (Wildman–Crippen MR) is 69.8 cm³/mol. The highest BCUT2D eigenvalue weighted by Gasteiger charge is 2.12. The molecule has 0 amide bonds. The van der Waals surface area contributed by atoms with Gasteiger partial charge in [-0.2, -0.15) is 0 Å². The molecule has 5 heteroatoms. The molecule has 2 rings (SSSR count). The molecule has 0 aliphatic rings. The van der Waals surface area contributed by atoms with Gasteiger partial charge in [0.1, 0.15) is 11.5 Å². The average molecular weight is 321 g/mol. The smallest absolute Gasteiger partial charge is 0.135 e. The Morgan fingerprint density at radius 1 is 1.12 bits per heavy atom. The van der Waals surface area contributed by atoms with Crippen LogP contribution >= 0.6 is 39.1 Å². The number of furan rings is 1. The van der Waals surface area contributed by atoms with Gasteiger partial charge in [0.15, 0.2) is 0 Å². The SMILES string of the molecule is NCc1ccc(-c2ccc(Br)c(Cl)c2Cl)o1. The molecule has 0 atom stereocenters. The zero-order chi connectivity index (χ0) is 11.7. The van der Waals surface area contributed by atoms with Crippen LogP contribution in [0.5, 0.6) is 0 Å². The van der Waals surface area contributed by atoms with E-state index in [0.717, 1.165) is 10.0 Å². The minimum atomic E-state index is 0.363. The lowest BCUT2D eigenvalue weighted by Gasteiger charge is -2.04. The van der Waals surface area contributed by atoms with Crippen molar-refractivity contribution in [3.05, 3.63) is 44.5 Å². The zero-order valence-electron chi connectivity index (χ0n) is 8.14. The molecule has 0 aliphatic carbocycles. The van der Waals surface area contributed by atoms with E-state index < -0.39 is 0 Å². The van der Waals surface area contributed by atoms with Crippen LogP contribution in [0.25, 0.3) is 11.3 Å². The van der Waals surface area contributed by atoms with E-state index in [1.807, 2.05) is 24.3 Å². The maximum absolute atomic E-state index is 6.13. The number of halogens is 3. The van der Waals surface area contributed by atoms with Crippen molar-refractivity contribution < 1.29 is 4.42 Å². The molecule has 0 saturated heterocycles. The van der Waals surface area contributed by atoms with Crippen molar-refractivity contribution in [2.24, 2.45) is 5.73 Å². The summed E-state index contributed by atoms with van der Waals surface area (Å²) >= 11 is 15.5. The van der Waals surface area contributed by atoms with Gasteiger partial charge in [0.2, 0.25) is 0 Å². The van der Waals surface area contributed by atoms with E-state index in [0.29, 0.717) is 28.1 Å². The summed E-state index contributed by atoms with van der Waals surface area (Å²) in [6.45, 7) is 0.363. The molecular weight excluding hydrogens is 313 g/mol. The number of rotatable bonds is 2. The van der Waals surface area contributed by atoms with Crippen LogP contribution in [0.1, 0.15) is 5.76 Å². The third-order valence-electron chi connectivity index (χ3n) is 2.16. The minimum Gasteiger partial charge on any atom is -0.460 e. The first kappa shape index (κ1) is 12.0. The van der Waals surface area contributed by atoms with Crippen LogP contribution in [0.2, 0.25) is 10.0 Å². The Labute approximate surface area is 111 Å². The van der Waals surface area contributed by atoms with Crippen molar-refractivity contribution >= 4 is 39.1 Å². The van der Waals surface area contributed by atoms with Crippen LogP contribution in [0.3, 0.4) is 0 Å². The summed E-state index contributed by atoms with van der Waals surface area (Å²) < 4.78 is 6.27. The van der Waals surface area contributed by atoms with Crippen molar-refractivity contribution in [1.82, 2.24) is 0 Å². The summed E-state index contributed by atoms with van der Waals surface area (Å²) in [7, 11) is 0. The van der Waals surface area contributed by atoms with Crippen LogP contribution in [-0.4, -0.2) is 0 Å². The van der Waals surface area contributed by atoms with Crippen LogP contribution in [-0.2, 0) is 6.54 Å². The van der Waals surface area contributed by atoms with Gasteiger partial charge in [-0.25, -0.2) is 0 Å². The number of nitrogens with two attached hydrogens (primary N) is 1. The molecule has 1 heterocycles. The fraction of sp³-hybridized carbons (Fsp3) is 0.0909. The van der Waals surface area contributed by atoms with Gasteiger partial charge in [0.25, 0.3) is 0 Å². The van der Waals surface area contributed by atoms with Gasteiger partial charge in [0, 0.05) is 10.0 Å². The molecular formula is C11H8BrCl2NO. The highest BCUT2D eigenvalue weighted by molar-refractivity contribution is 9.10. The lowest BCUT2D eigenvalue weighted by Crippen LogP contribution is -1.92. The Morgan fingerprint density at radius 3 is 2.50 bits per heavy atom. The molecule has 0 aliphatic heterocycles. The maximum Gasteiger partial charge on any atom is 0.135 e. The van der Waals surface area contributed by atoms with Gasteiger partial charge in [-0.15, -0.1) is 0 Å². The summed E-state index contributed by atoms with van der Waals surface area (Å²) in [5.41, 5.74) is 6.23. The van der Waals surface area contributed by atoms with Gasteiger partial charge in [-0.3, -0.25) is 0 Å².